The zero-order valence-electron chi connectivity index (χ0n) is 12.6. The van der Waals surface area contributed by atoms with Crippen molar-refractivity contribution in [2.45, 2.75) is 38.5 Å². The maximum atomic E-state index is 11.6. The first kappa shape index (κ1) is 16.0. The van der Waals surface area contributed by atoms with Gasteiger partial charge in [0.2, 0.25) is 0 Å². The highest BCUT2D eigenvalue weighted by atomic mass is 16.4. The molecule has 2 aromatic carbocycles. The lowest BCUT2D eigenvalue weighted by Gasteiger charge is -2.18. The zero-order valence-corrected chi connectivity index (χ0v) is 12.6. The molecule has 22 heavy (non-hydrogen) atoms. The number of carboxylic acid groups (broad SMARTS) is 2. The number of benzene rings is 2. The first-order chi connectivity index (χ1) is 10.5. The van der Waals surface area contributed by atoms with E-state index < -0.39 is 24.3 Å². The zero-order chi connectivity index (χ0) is 16.1. The molecule has 0 aliphatic rings. The van der Waals surface area contributed by atoms with E-state index in [1.807, 2.05) is 36.4 Å². The van der Waals surface area contributed by atoms with E-state index in [1.54, 1.807) is 0 Å². The van der Waals surface area contributed by atoms with Crippen LogP contribution in [0.15, 0.2) is 36.4 Å². The van der Waals surface area contributed by atoms with E-state index in [0.29, 0.717) is 5.56 Å². The number of hydrogen-bond acceptors (Lipinski definition) is 2. The van der Waals surface area contributed by atoms with Gasteiger partial charge in [0.05, 0.1) is 12.3 Å². The molecule has 0 aromatic heterocycles. The summed E-state index contributed by atoms with van der Waals surface area (Å²) >= 11 is 0. The molecule has 0 spiro atoms. The Morgan fingerprint density at radius 3 is 2.45 bits per heavy atom. The molecular weight excluding hydrogens is 280 g/mol. The van der Waals surface area contributed by atoms with Crippen molar-refractivity contribution in [1.29, 1.82) is 0 Å². The van der Waals surface area contributed by atoms with Crippen LogP contribution in [0, 0.1) is 0 Å². The first-order valence-corrected chi connectivity index (χ1v) is 7.49. The molecule has 0 amide bonds. The summed E-state index contributed by atoms with van der Waals surface area (Å²) < 4.78 is 0. The summed E-state index contributed by atoms with van der Waals surface area (Å²) in [6.07, 6.45) is 2.32. The van der Waals surface area contributed by atoms with Crippen LogP contribution >= 0.6 is 0 Å². The first-order valence-electron chi connectivity index (χ1n) is 7.49. The van der Waals surface area contributed by atoms with E-state index in [-0.39, 0.29) is 0 Å². The maximum absolute atomic E-state index is 11.6. The van der Waals surface area contributed by atoms with Gasteiger partial charge in [-0.15, -0.1) is 0 Å². The lowest BCUT2D eigenvalue weighted by molar-refractivity contribution is -0.145. The van der Waals surface area contributed by atoms with E-state index in [2.05, 4.69) is 6.92 Å². The van der Waals surface area contributed by atoms with Gasteiger partial charge < -0.3 is 10.2 Å². The molecule has 1 unspecified atom stereocenters. The van der Waals surface area contributed by atoms with Crippen molar-refractivity contribution < 1.29 is 19.8 Å². The van der Waals surface area contributed by atoms with Gasteiger partial charge in [0, 0.05) is 0 Å². The van der Waals surface area contributed by atoms with E-state index in [1.165, 1.54) is 0 Å². The second-order valence-corrected chi connectivity index (χ2v) is 5.45. The molecule has 0 aliphatic carbocycles. The number of hydrogen-bond donors (Lipinski definition) is 2. The summed E-state index contributed by atoms with van der Waals surface area (Å²) in [6, 6.07) is 11.5. The third kappa shape index (κ3) is 3.45. The van der Waals surface area contributed by atoms with Gasteiger partial charge in [-0.1, -0.05) is 49.7 Å². The fourth-order valence-corrected chi connectivity index (χ4v) is 2.82. The van der Waals surface area contributed by atoms with Crippen molar-refractivity contribution >= 4 is 22.7 Å². The lowest BCUT2D eigenvalue weighted by Crippen LogP contribution is -2.18. The molecule has 0 heterocycles. The van der Waals surface area contributed by atoms with Crippen LogP contribution in [0.4, 0.5) is 0 Å². The number of aliphatic carboxylic acids is 2. The SMILES string of the molecule is CCCCc1ccc2ccccc2c1C(CC(=O)O)C(=O)O. The summed E-state index contributed by atoms with van der Waals surface area (Å²) in [5.74, 6) is -3.20. The van der Waals surface area contributed by atoms with Gasteiger partial charge in [-0.25, -0.2) is 0 Å². The highest BCUT2D eigenvalue weighted by Crippen LogP contribution is 2.32. The van der Waals surface area contributed by atoms with Crippen LogP contribution in [-0.2, 0) is 16.0 Å². The molecular formula is C18H20O4. The number of rotatable bonds is 7. The van der Waals surface area contributed by atoms with Gasteiger partial charge in [0.15, 0.2) is 0 Å². The van der Waals surface area contributed by atoms with E-state index in [9.17, 15) is 14.7 Å². The van der Waals surface area contributed by atoms with Crippen LogP contribution in [0.25, 0.3) is 10.8 Å². The quantitative estimate of drug-likeness (QED) is 0.815. The molecule has 116 valence electrons. The van der Waals surface area contributed by atoms with Crippen LogP contribution < -0.4 is 0 Å². The largest absolute Gasteiger partial charge is 0.481 e. The second kappa shape index (κ2) is 7.07. The summed E-state index contributed by atoms with van der Waals surface area (Å²) in [7, 11) is 0. The number of unbranched alkanes of at least 4 members (excludes halogenated alkanes) is 1. The van der Waals surface area contributed by atoms with Crippen molar-refractivity contribution in [3.05, 3.63) is 47.5 Å². The molecule has 0 saturated heterocycles. The van der Waals surface area contributed by atoms with Crippen molar-refractivity contribution in [3.8, 4) is 0 Å². The van der Waals surface area contributed by atoms with Crippen molar-refractivity contribution in [2.24, 2.45) is 0 Å². The number of carboxylic acids is 2. The maximum Gasteiger partial charge on any atom is 0.311 e. The Morgan fingerprint density at radius 2 is 1.82 bits per heavy atom. The summed E-state index contributed by atoms with van der Waals surface area (Å²) in [6.45, 7) is 2.08. The Labute approximate surface area is 129 Å². The Balaban J connectivity index is 2.63. The average molecular weight is 300 g/mol. The molecule has 0 aliphatic heterocycles. The van der Waals surface area contributed by atoms with Crippen LogP contribution in [0.5, 0.6) is 0 Å². The van der Waals surface area contributed by atoms with Crippen LogP contribution in [-0.4, -0.2) is 22.2 Å². The smallest absolute Gasteiger partial charge is 0.311 e. The minimum atomic E-state index is -1.10. The van der Waals surface area contributed by atoms with Crippen LogP contribution in [0.3, 0.4) is 0 Å². The Kier molecular flexibility index (Phi) is 5.15. The monoisotopic (exact) mass is 300 g/mol. The normalized spacial score (nSPS) is 12.2. The Hall–Kier alpha value is -2.36. The minimum Gasteiger partial charge on any atom is -0.481 e. The van der Waals surface area contributed by atoms with Gasteiger partial charge in [0.1, 0.15) is 0 Å². The molecule has 0 radical (unpaired) electrons. The predicted octanol–water partition coefficient (Wildman–Crippen LogP) is 3.83. The van der Waals surface area contributed by atoms with E-state index in [4.69, 9.17) is 5.11 Å². The Morgan fingerprint density at radius 1 is 1.09 bits per heavy atom. The fraction of sp³-hybridized carbons (Fsp3) is 0.333. The number of fused-ring (bicyclic) bond motifs is 1. The highest BCUT2D eigenvalue weighted by molar-refractivity contribution is 5.93. The fourth-order valence-electron chi connectivity index (χ4n) is 2.82. The van der Waals surface area contributed by atoms with Gasteiger partial charge in [-0.05, 0) is 34.7 Å². The lowest BCUT2D eigenvalue weighted by atomic mass is 9.85. The number of aryl methyl sites for hydroxylation is 1. The van der Waals surface area contributed by atoms with Crippen molar-refractivity contribution in [3.63, 3.8) is 0 Å². The van der Waals surface area contributed by atoms with Crippen molar-refractivity contribution in [2.75, 3.05) is 0 Å². The van der Waals surface area contributed by atoms with Crippen LogP contribution in [0.2, 0.25) is 0 Å². The topological polar surface area (TPSA) is 74.6 Å². The van der Waals surface area contributed by atoms with Gasteiger partial charge >= 0.3 is 11.9 Å². The average Bonchev–Trinajstić information content (AvgIpc) is 2.50. The molecule has 0 saturated carbocycles. The molecule has 2 aromatic rings. The summed E-state index contributed by atoms with van der Waals surface area (Å²) in [5.41, 5.74) is 1.59. The third-order valence-electron chi connectivity index (χ3n) is 3.89. The highest BCUT2D eigenvalue weighted by Gasteiger charge is 2.27. The third-order valence-corrected chi connectivity index (χ3v) is 3.89. The minimum absolute atomic E-state index is 0.400. The van der Waals surface area contributed by atoms with Gasteiger partial charge in [-0.3, -0.25) is 9.59 Å². The molecule has 2 rings (SSSR count). The number of carbonyl (C=O) groups is 2. The summed E-state index contributed by atoms with van der Waals surface area (Å²) in [4.78, 5) is 22.7. The van der Waals surface area contributed by atoms with E-state index in [0.717, 1.165) is 35.6 Å². The summed E-state index contributed by atoms with van der Waals surface area (Å²) in [5, 5.41) is 20.4. The molecule has 1 atom stereocenters. The van der Waals surface area contributed by atoms with E-state index >= 15 is 0 Å². The molecule has 0 fully saturated rings. The molecule has 0 bridgehead atoms. The van der Waals surface area contributed by atoms with Gasteiger partial charge in [-0.2, -0.15) is 0 Å². The predicted molar refractivity (Wildman–Crippen MR) is 85.2 cm³/mol. The van der Waals surface area contributed by atoms with Crippen molar-refractivity contribution in [1.82, 2.24) is 0 Å². The molecule has 2 N–H and O–H groups in total. The molecule has 4 nitrogen and oxygen atoms in total. The molecule has 4 heteroatoms. The Bertz CT molecular complexity index is 691. The second-order valence-electron chi connectivity index (χ2n) is 5.45. The standard InChI is InChI=1S/C18H20O4/c1-2-3-6-13-10-9-12-7-4-5-8-14(12)17(13)15(18(21)22)11-16(19)20/h4-5,7-10,15H,2-3,6,11H2,1H3,(H,19,20)(H,21,22). The van der Waals surface area contributed by atoms with Gasteiger partial charge in [0.25, 0.3) is 0 Å². The van der Waals surface area contributed by atoms with Crippen LogP contribution in [0.1, 0.15) is 43.2 Å².